The molecule has 0 fully saturated rings. The van der Waals surface area contributed by atoms with E-state index in [1.165, 1.54) is 39.2 Å². The smallest absolute Gasteiger partial charge is 0.0429 e. The lowest BCUT2D eigenvalue weighted by Crippen LogP contribution is -2.08. The molecule has 2 heteroatoms. The zero-order valence-electron chi connectivity index (χ0n) is 9.09. The van der Waals surface area contributed by atoms with Gasteiger partial charge in [-0.2, -0.15) is 0 Å². The Hall–Kier alpha value is -1.02. The van der Waals surface area contributed by atoms with E-state index in [0.717, 1.165) is 18.5 Å². The lowest BCUT2D eigenvalue weighted by atomic mass is 9.88. The Balaban J connectivity index is 2.44. The van der Waals surface area contributed by atoms with E-state index in [4.69, 9.17) is 5.73 Å². The molecule has 1 aliphatic carbocycles. The molecule has 0 atom stereocenters. The standard InChI is InChI=1S/C14H14BrN/c15-13-9-5-1-3-7-11(9)14(16)12-8-4-2-6-10(12)13/h1,3,5,7H,2,4,6,8,16H2. The van der Waals surface area contributed by atoms with Gasteiger partial charge in [0.15, 0.2) is 0 Å². The predicted octanol–water partition coefficient (Wildman–Crippen LogP) is 4.06. The van der Waals surface area contributed by atoms with Gasteiger partial charge in [0.05, 0.1) is 0 Å². The first-order valence-corrected chi connectivity index (χ1v) is 6.56. The fourth-order valence-corrected chi connectivity index (χ4v) is 3.46. The molecule has 0 saturated heterocycles. The molecule has 0 amide bonds. The van der Waals surface area contributed by atoms with Crippen LogP contribution in [0.1, 0.15) is 24.0 Å². The van der Waals surface area contributed by atoms with E-state index >= 15 is 0 Å². The first-order valence-electron chi connectivity index (χ1n) is 5.76. The Morgan fingerprint density at radius 2 is 1.56 bits per heavy atom. The van der Waals surface area contributed by atoms with Crippen LogP contribution in [0.3, 0.4) is 0 Å². The fourth-order valence-electron chi connectivity index (χ4n) is 2.68. The summed E-state index contributed by atoms with van der Waals surface area (Å²) in [6.45, 7) is 0. The summed E-state index contributed by atoms with van der Waals surface area (Å²) in [5, 5.41) is 2.44. The summed E-state index contributed by atoms with van der Waals surface area (Å²) in [5.74, 6) is 0. The Bertz CT molecular complexity index is 510. The molecule has 3 rings (SSSR count). The molecule has 0 spiro atoms. The SMILES string of the molecule is Nc1c2c(c(Br)c3ccccc13)CCCC2. The summed E-state index contributed by atoms with van der Waals surface area (Å²) in [5.41, 5.74) is 10.1. The highest BCUT2D eigenvalue weighted by Gasteiger charge is 2.18. The minimum Gasteiger partial charge on any atom is -0.398 e. The fraction of sp³-hybridized carbons (Fsp3) is 0.286. The Labute approximate surface area is 104 Å². The average molecular weight is 276 g/mol. The van der Waals surface area contributed by atoms with Crippen molar-refractivity contribution in [2.75, 3.05) is 5.73 Å². The number of hydrogen-bond acceptors (Lipinski definition) is 1. The number of anilines is 1. The predicted molar refractivity (Wildman–Crippen MR) is 72.7 cm³/mol. The van der Waals surface area contributed by atoms with Gasteiger partial charge in [-0.05, 0) is 58.1 Å². The molecular formula is C14H14BrN. The van der Waals surface area contributed by atoms with E-state index in [0.29, 0.717) is 0 Å². The summed E-state index contributed by atoms with van der Waals surface area (Å²) < 4.78 is 1.26. The van der Waals surface area contributed by atoms with Crippen LogP contribution >= 0.6 is 15.9 Å². The van der Waals surface area contributed by atoms with E-state index in [1.54, 1.807) is 0 Å². The second-order valence-electron chi connectivity index (χ2n) is 4.44. The molecule has 0 heterocycles. The van der Waals surface area contributed by atoms with E-state index in [1.807, 2.05) is 0 Å². The summed E-state index contributed by atoms with van der Waals surface area (Å²) in [4.78, 5) is 0. The molecule has 16 heavy (non-hydrogen) atoms. The van der Waals surface area contributed by atoms with Crippen LogP contribution in [-0.4, -0.2) is 0 Å². The van der Waals surface area contributed by atoms with Gasteiger partial charge < -0.3 is 5.73 Å². The summed E-state index contributed by atoms with van der Waals surface area (Å²) in [7, 11) is 0. The van der Waals surface area contributed by atoms with Crippen LogP contribution in [0.2, 0.25) is 0 Å². The van der Waals surface area contributed by atoms with Gasteiger partial charge in [-0.1, -0.05) is 24.3 Å². The summed E-state index contributed by atoms with van der Waals surface area (Å²) in [6.07, 6.45) is 4.83. The molecule has 0 unspecified atom stereocenters. The minimum absolute atomic E-state index is 0.994. The van der Waals surface area contributed by atoms with Crippen molar-refractivity contribution in [1.29, 1.82) is 0 Å². The zero-order valence-corrected chi connectivity index (χ0v) is 10.7. The Morgan fingerprint density at radius 3 is 2.31 bits per heavy atom. The highest BCUT2D eigenvalue weighted by Crippen LogP contribution is 2.39. The van der Waals surface area contributed by atoms with E-state index in [9.17, 15) is 0 Å². The summed E-state index contributed by atoms with van der Waals surface area (Å²) in [6, 6.07) is 8.39. The number of nitrogen functional groups attached to an aromatic ring is 1. The van der Waals surface area contributed by atoms with Crippen molar-refractivity contribution in [3.63, 3.8) is 0 Å². The van der Waals surface area contributed by atoms with Gasteiger partial charge in [0, 0.05) is 15.5 Å². The van der Waals surface area contributed by atoms with Crippen LogP contribution in [0.4, 0.5) is 5.69 Å². The third kappa shape index (κ3) is 1.36. The third-order valence-corrected chi connectivity index (χ3v) is 4.42. The minimum atomic E-state index is 0.994. The molecule has 0 aromatic heterocycles. The van der Waals surface area contributed by atoms with Crippen molar-refractivity contribution < 1.29 is 0 Å². The number of nitrogens with two attached hydrogens (primary N) is 1. The molecule has 0 bridgehead atoms. The normalized spacial score (nSPS) is 15.1. The van der Waals surface area contributed by atoms with Crippen LogP contribution in [0.15, 0.2) is 28.7 Å². The Morgan fingerprint density at radius 1 is 0.938 bits per heavy atom. The van der Waals surface area contributed by atoms with Crippen molar-refractivity contribution in [3.8, 4) is 0 Å². The number of halogens is 1. The van der Waals surface area contributed by atoms with Gasteiger partial charge in [0.2, 0.25) is 0 Å². The highest BCUT2D eigenvalue weighted by atomic mass is 79.9. The van der Waals surface area contributed by atoms with Crippen LogP contribution < -0.4 is 5.73 Å². The van der Waals surface area contributed by atoms with E-state index in [2.05, 4.69) is 40.2 Å². The van der Waals surface area contributed by atoms with Gasteiger partial charge in [-0.3, -0.25) is 0 Å². The first-order chi connectivity index (χ1) is 7.79. The number of hydrogen-bond donors (Lipinski definition) is 1. The molecular weight excluding hydrogens is 262 g/mol. The highest BCUT2D eigenvalue weighted by molar-refractivity contribution is 9.10. The third-order valence-electron chi connectivity index (χ3n) is 3.51. The van der Waals surface area contributed by atoms with Gasteiger partial charge in [0.25, 0.3) is 0 Å². The second kappa shape index (κ2) is 3.77. The largest absolute Gasteiger partial charge is 0.398 e. The maximum absolute atomic E-state index is 6.29. The van der Waals surface area contributed by atoms with E-state index < -0.39 is 0 Å². The first kappa shape index (κ1) is 10.2. The Kier molecular flexibility index (Phi) is 2.40. The molecule has 1 nitrogen and oxygen atoms in total. The summed E-state index contributed by atoms with van der Waals surface area (Å²) >= 11 is 3.75. The van der Waals surface area contributed by atoms with Crippen molar-refractivity contribution in [2.45, 2.75) is 25.7 Å². The maximum atomic E-state index is 6.29. The quantitative estimate of drug-likeness (QED) is 0.721. The molecule has 82 valence electrons. The maximum Gasteiger partial charge on any atom is 0.0429 e. The number of fused-ring (bicyclic) bond motifs is 2. The molecule has 0 saturated carbocycles. The molecule has 1 aliphatic rings. The number of rotatable bonds is 0. The molecule has 2 N–H and O–H groups in total. The molecule has 0 radical (unpaired) electrons. The van der Waals surface area contributed by atoms with Crippen molar-refractivity contribution in [3.05, 3.63) is 39.9 Å². The van der Waals surface area contributed by atoms with Crippen LogP contribution in [0, 0.1) is 0 Å². The van der Waals surface area contributed by atoms with Gasteiger partial charge in [0.1, 0.15) is 0 Å². The van der Waals surface area contributed by atoms with Crippen LogP contribution in [0.25, 0.3) is 10.8 Å². The van der Waals surface area contributed by atoms with Crippen LogP contribution in [0.5, 0.6) is 0 Å². The monoisotopic (exact) mass is 275 g/mol. The van der Waals surface area contributed by atoms with Crippen molar-refractivity contribution in [1.82, 2.24) is 0 Å². The second-order valence-corrected chi connectivity index (χ2v) is 5.23. The molecule has 2 aromatic carbocycles. The van der Waals surface area contributed by atoms with E-state index in [-0.39, 0.29) is 0 Å². The topological polar surface area (TPSA) is 26.0 Å². The molecule has 2 aromatic rings. The average Bonchev–Trinajstić information content (AvgIpc) is 2.36. The van der Waals surface area contributed by atoms with Gasteiger partial charge in [-0.15, -0.1) is 0 Å². The van der Waals surface area contributed by atoms with Gasteiger partial charge >= 0.3 is 0 Å². The van der Waals surface area contributed by atoms with Crippen molar-refractivity contribution >= 4 is 32.4 Å². The van der Waals surface area contributed by atoms with Crippen LogP contribution in [-0.2, 0) is 12.8 Å². The lowest BCUT2D eigenvalue weighted by Gasteiger charge is -2.21. The zero-order chi connectivity index (χ0) is 11.1. The van der Waals surface area contributed by atoms with Gasteiger partial charge in [-0.25, -0.2) is 0 Å². The number of benzene rings is 2. The van der Waals surface area contributed by atoms with Crippen molar-refractivity contribution in [2.24, 2.45) is 0 Å². The molecule has 0 aliphatic heterocycles. The lowest BCUT2D eigenvalue weighted by molar-refractivity contribution is 0.686.